The van der Waals surface area contributed by atoms with Crippen LogP contribution in [0.25, 0.3) is 16.8 Å². The summed E-state index contributed by atoms with van der Waals surface area (Å²) in [6.45, 7) is 0.941. The molecule has 1 aromatic heterocycles. The highest BCUT2D eigenvalue weighted by molar-refractivity contribution is 7.88. The molecule has 4 aromatic rings. The summed E-state index contributed by atoms with van der Waals surface area (Å²) in [7, 11) is -3.56. The van der Waals surface area contributed by atoms with Crippen LogP contribution in [-0.4, -0.2) is 48.7 Å². The highest BCUT2D eigenvalue weighted by Crippen LogP contribution is 2.29. The minimum absolute atomic E-state index is 0.0979. The van der Waals surface area contributed by atoms with E-state index in [0.717, 1.165) is 16.8 Å². The SMILES string of the molecule is O=c1c(-c2ccc(F)cc2)c(N2CCN(S(=O)(=O)Cc3ccccc3)CC2)cnn1-c1cc(F)cc(F)c1. The maximum absolute atomic E-state index is 13.9. The van der Waals surface area contributed by atoms with Gasteiger partial charge < -0.3 is 4.90 Å². The number of sulfonamides is 1. The van der Waals surface area contributed by atoms with E-state index in [1.807, 2.05) is 11.0 Å². The van der Waals surface area contributed by atoms with Crippen molar-refractivity contribution in [2.24, 2.45) is 0 Å². The number of anilines is 1. The average Bonchev–Trinajstić information content (AvgIpc) is 2.89. The van der Waals surface area contributed by atoms with Crippen LogP contribution in [-0.2, 0) is 15.8 Å². The van der Waals surface area contributed by atoms with Gasteiger partial charge in [0.25, 0.3) is 5.56 Å². The summed E-state index contributed by atoms with van der Waals surface area (Å²) in [5, 5.41) is 4.16. The predicted octanol–water partition coefficient (Wildman–Crippen LogP) is 3.97. The third-order valence-corrected chi connectivity index (χ3v) is 8.20. The van der Waals surface area contributed by atoms with Gasteiger partial charge in [0.2, 0.25) is 10.0 Å². The topological polar surface area (TPSA) is 75.5 Å². The molecule has 3 aromatic carbocycles. The summed E-state index contributed by atoms with van der Waals surface area (Å²) >= 11 is 0. The monoisotopic (exact) mass is 540 g/mol. The van der Waals surface area contributed by atoms with Crippen LogP contribution in [0.3, 0.4) is 0 Å². The Morgan fingerprint density at radius 2 is 1.42 bits per heavy atom. The van der Waals surface area contributed by atoms with Crippen LogP contribution in [0.1, 0.15) is 5.56 Å². The molecule has 0 saturated carbocycles. The van der Waals surface area contributed by atoms with Crippen molar-refractivity contribution in [3.8, 4) is 16.8 Å². The zero-order valence-electron chi connectivity index (χ0n) is 20.1. The number of nitrogens with zero attached hydrogens (tertiary/aromatic N) is 4. The Morgan fingerprint density at radius 1 is 0.789 bits per heavy atom. The molecule has 0 spiro atoms. The van der Waals surface area contributed by atoms with Crippen molar-refractivity contribution in [3.05, 3.63) is 112 Å². The molecule has 38 heavy (non-hydrogen) atoms. The minimum atomic E-state index is -3.56. The fraction of sp³-hybridized carbons (Fsp3) is 0.185. The molecule has 0 aliphatic carbocycles. The van der Waals surface area contributed by atoms with Crippen LogP contribution in [0.2, 0.25) is 0 Å². The maximum Gasteiger partial charge on any atom is 0.281 e. The summed E-state index contributed by atoms with van der Waals surface area (Å²) in [4.78, 5) is 15.4. The summed E-state index contributed by atoms with van der Waals surface area (Å²) in [6, 6.07) is 16.9. The van der Waals surface area contributed by atoms with Crippen molar-refractivity contribution >= 4 is 15.7 Å². The molecule has 0 radical (unpaired) electrons. The molecule has 2 heterocycles. The standard InChI is InChI=1S/C27H23F3N4O3S/c28-21-8-6-20(7-9-21)26-25(17-31-34(27(26)35)24-15-22(29)14-23(30)16-24)32-10-12-33(13-11-32)38(36,37)18-19-4-2-1-3-5-19/h1-9,14-17H,10-13,18H2. The van der Waals surface area contributed by atoms with Crippen LogP contribution >= 0.6 is 0 Å². The van der Waals surface area contributed by atoms with Crippen molar-refractivity contribution in [1.82, 2.24) is 14.1 Å². The summed E-state index contributed by atoms with van der Waals surface area (Å²) in [5.74, 6) is -2.34. The van der Waals surface area contributed by atoms with Gasteiger partial charge in [0, 0.05) is 32.2 Å². The third-order valence-electron chi connectivity index (χ3n) is 6.35. The van der Waals surface area contributed by atoms with Gasteiger partial charge in [0.1, 0.15) is 17.5 Å². The number of aromatic nitrogens is 2. The fourth-order valence-electron chi connectivity index (χ4n) is 4.50. The number of hydrogen-bond acceptors (Lipinski definition) is 5. The van der Waals surface area contributed by atoms with E-state index in [2.05, 4.69) is 5.10 Å². The second kappa shape index (κ2) is 10.4. The third kappa shape index (κ3) is 5.34. The quantitative estimate of drug-likeness (QED) is 0.370. The Morgan fingerprint density at radius 3 is 2.05 bits per heavy atom. The molecule has 0 amide bonds. The second-order valence-corrected chi connectivity index (χ2v) is 10.9. The van der Waals surface area contributed by atoms with E-state index in [0.29, 0.717) is 22.9 Å². The lowest BCUT2D eigenvalue weighted by Gasteiger charge is -2.36. The Kier molecular flexibility index (Phi) is 7.04. The van der Waals surface area contributed by atoms with Crippen molar-refractivity contribution in [1.29, 1.82) is 0 Å². The van der Waals surface area contributed by atoms with Crippen LogP contribution in [0.4, 0.5) is 18.9 Å². The number of hydrogen-bond donors (Lipinski definition) is 0. The van der Waals surface area contributed by atoms with E-state index in [1.54, 1.807) is 24.3 Å². The van der Waals surface area contributed by atoms with Gasteiger partial charge in [-0.05, 0) is 35.4 Å². The molecule has 0 atom stereocenters. The van der Waals surface area contributed by atoms with Crippen LogP contribution in [0.15, 0.2) is 83.8 Å². The molecule has 7 nitrogen and oxygen atoms in total. The fourth-order valence-corrected chi connectivity index (χ4v) is 6.02. The van der Waals surface area contributed by atoms with Gasteiger partial charge in [-0.2, -0.15) is 14.1 Å². The Bertz CT molecular complexity index is 1600. The molecule has 1 aliphatic rings. The van der Waals surface area contributed by atoms with E-state index >= 15 is 0 Å². The van der Waals surface area contributed by atoms with Crippen molar-refractivity contribution in [2.45, 2.75) is 5.75 Å². The van der Waals surface area contributed by atoms with E-state index in [1.165, 1.54) is 34.8 Å². The summed E-state index contributed by atoms with van der Waals surface area (Å²) in [6.07, 6.45) is 1.40. The number of benzene rings is 3. The van der Waals surface area contributed by atoms with Crippen LogP contribution in [0.5, 0.6) is 0 Å². The Labute approximate surface area is 217 Å². The van der Waals surface area contributed by atoms with Crippen LogP contribution in [0, 0.1) is 17.5 Å². The van der Waals surface area contributed by atoms with Gasteiger partial charge in [0.15, 0.2) is 0 Å². The van der Waals surface area contributed by atoms with E-state index < -0.39 is 33.0 Å². The van der Waals surface area contributed by atoms with Crippen molar-refractivity contribution < 1.29 is 21.6 Å². The van der Waals surface area contributed by atoms with E-state index in [-0.39, 0.29) is 43.2 Å². The first-order chi connectivity index (χ1) is 18.2. The molecule has 5 rings (SSSR count). The Balaban J connectivity index is 1.47. The molecule has 1 aliphatic heterocycles. The first-order valence-electron chi connectivity index (χ1n) is 11.8. The van der Waals surface area contributed by atoms with E-state index in [4.69, 9.17) is 0 Å². The highest BCUT2D eigenvalue weighted by atomic mass is 32.2. The highest BCUT2D eigenvalue weighted by Gasteiger charge is 2.29. The molecule has 0 N–H and O–H groups in total. The van der Waals surface area contributed by atoms with Gasteiger partial charge in [-0.1, -0.05) is 42.5 Å². The molecule has 11 heteroatoms. The second-order valence-electron chi connectivity index (χ2n) is 8.88. The van der Waals surface area contributed by atoms with Crippen molar-refractivity contribution in [2.75, 3.05) is 31.1 Å². The average molecular weight is 541 g/mol. The number of piperazine rings is 1. The molecule has 1 fully saturated rings. The first kappa shape index (κ1) is 25.7. The maximum atomic E-state index is 13.9. The predicted molar refractivity (Wildman–Crippen MR) is 138 cm³/mol. The molecule has 196 valence electrons. The lowest BCUT2D eigenvalue weighted by molar-refractivity contribution is 0.384. The molecule has 1 saturated heterocycles. The lowest BCUT2D eigenvalue weighted by Crippen LogP contribution is -2.49. The summed E-state index contributed by atoms with van der Waals surface area (Å²) < 4.78 is 69.6. The summed E-state index contributed by atoms with van der Waals surface area (Å²) in [5.41, 5.74) is 0.895. The van der Waals surface area contributed by atoms with E-state index in [9.17, 15) is 26.4 Å². The number of rotatable bonds is 6. The van der Waals surface area contributed by atoms with Gasteiger partial charge in [-0.3, -0.25) is 4.79 Å². The number of halogens is 3. The Hall–Kier alpha value is -3.96. The van der Waals surface area contributed by atoms with Gasteiger partial charge in [-0.15, -0.1) is 0 Å². The largest absolute Gasteiger partial charge is 0.367 e. The lowest BCUT2D eigenvalue weighted by atomic mass is 10.0. The smallest absolute Gasteiger partial charge is 0.281 e. The normalized spacial score (nSPS) is 14.6. The molecule has 0 unspecified atom stereocenters. The van der Waals surface area contributed by atoms with Crippen molar-refractivity contribution in [3.63, 3.8) is 0 Å². The van der Waals surface area contributed by atoms with Gasteiger partial charge in [-0.25, -0.2) is 21.6 Å². The van der Waals surface area contributed by atoms with Crippen LogP contribution < -0.4 is 10.5 Å². The first-order valence-corrected chi connectivity index (χ1v) is 13.4. The van der Waals surface area contributed by atoms with Gasteiger partial charge in [0.05, 0.1) is 28.9 Å². The molecule has 0 bridgehead atoms. The zero-order chi connectivity index (χ0) is 26.9. The molecular formula is C27H23F3N4O3S. The minimum Gasteiger partial charge on any atom is -0.367 e. The molecular weight excluding hydrogens is 517 g/mol. The zero-order valence-corrected chi connectivity index (χ0v) is 20.9. The van der Waals surface area contributed by atoms with Gasteiger partial charge >= 0.3 is 0 Å².